The molecule has 0 fully saturated rings. The lowest BCUT2D eigenvalue weighted by molar-refractivity contribution is -0.385. The van der Waals surface area contributed by atoms with E-state index in [1.54, 1.807) is 6.07 Å². The Morgan fingerprint density at radius 3 is 2.48 bits per heavy atom. The molecule has 0 saturated carbocycles. The second-order valence-corrected chi connectivity index (χ2v) is 4.63. The third-order valence-electron chi connectivity index (χ3n) is 2.88. The Hall–Kier alpha value is -2.11. The molecule has 116 valence electrons. The lowest BCUT2D eigenvalue weighted by Crippen LogP contribution is -2.09. The van der Waals surface area contributed by atoms with E-state index in [-0.39, 0.29) is 17.9 Å². The van der Waals surface area contributed by atoms with Crippen LogP contribution < -0.4 is 4.74 Å². The fourth-order valence-corrected chi connectivity index (χ4v) is 1.65. The zero-order chi connectivity index (χ0) is 15.7. The maximum Gasteiger partial charge on any atom is 0.345 e. The van der Waals surface area contributed by atoms with E-state index in [0.717, 1.165) is 25.7 Å². The predicted molar refractivity (Wildman–Crippen MR) is 78.7 cm³/mol. The smallest absolute Gasteiger partial charge is 0.345 e. The number of nitro groups is 1. The number of nitro benzene ring substituents is 1. The van der Waals surface area contributed by atoms with E-state index in [1.807, 2.05) is 13.8 Å². The third-order valence-corrected chi connectivity index (χ3v) is 2.88. The molecule has 21 heavy (non-hydrogen) atoms. The molecule has 0 aromatic heterocycles. The van der Waals surface area contributed by atoms with Crippen LogP contribution in [0.2, 0.25) is 0 Å². The highest BCUT2D eigenvalue weighted by Crippen LogP contribution is 2.25. The fourth-order valence-electron chi connectivity index (χ4n) is 1.65. The number of hydrogen-bond donors (Lipinski definition) is 0. The van der Waals surface area contributed by atoms with E-state index in [4.69, 9.17) is 9.47 Å². The first kappa shape index (κ1) is 16.9. The number of esters is 1. The molecule has 0 aliphatic heterocycles. The third kappa shape index (κ3) is 5.41. The summed E-state index contributed by atoms with van der Waals surface area (Å²) in [7, 11) is 0. The van der Waals surface area contributed by atoms with Crippen molar-refractivity contribution in [3.63, 3.8) is 0 Å². The number of carbonyl (C=O) groups is 1. The maximum absolute atomic E-state index is 11.8. The molecule has 0 heterocycles. The summed E-state index contributed by atoms with van der Waals surface area (Å²) in [5.74, 6) is -0.282. The fraction of sp³-hybridized carbons (Fsp3) is 0.533. The van der Waals surface area contributed by atoms with Crippen molar-refractivity contribution in [2.75, 3.05) is 13.2 Å². The van der Waals surface area contributed by atoms with Crippen molar-refractivity contribution in [1.82, 2.24) is 0 Å². The number of nitrogens with zero attached hydrogens (tertiary/aromatic N) is 1. The normalized spacial score (nSPS) is 10.2. The maximum atomic E-state index is 11.8. The van der Waals surface area contributed by atoms with Gasteiger partial charge >= 0.3 is 5.97 Å². The molecule has 6 nitrogen and oxygen atoms in total. The van der Waals surface area contributed by atoms with Crippen LogP contribution in [0.1, 0.15) is 49.9 Å². The number of benzene rings is 1. The van der Waals surface area contributed by atoms with E-state index in [2.05, 4.69) is 0 Å². The molecule has 0 aliphatic carbocycles. The van der Waals surface area contributed by atoms with Crippen molar-refractivity contribution in [2.45, 2.75) is 39.5 Å². The molecule has 0 amide bonds. The molecule has 0 saturated heterocycles. The molecule has 1 aromatic rings. The summed E-state index contributed by atoms with van der Waals surface area (Å²) in [6.45, 7) is 4.76. The first-order chi connectivity index (χ1) is 10.1. The van der Waals surface area contributed by atoms with Crippen LogP contribution in [0.25, 0.3) is 0 Å². The number of hydrogen-bond acceptors (Lipinski definition) is 5. The van der Waals surface area contributed by atoms with Gasteiger partial charge in [-0.05, 0) is 25.0 Å². The summed E-state index contributed by atoms with van der Waals surface area (Å²) in [6, 6.07) is 4.21. The molecule has 6 heteroatoms. The first-order valence-electron chi connectivity index (χ1n) is 7.18. The minimum atomic E-state index is -0.671. The van der Waals surface area contributed by atoms with Crippen molar-refractivity contribution < 1.29 is 19.2 Å². The quantitative estimate of drug-likeness (QED) is 0.300. The SMILES string of the molecule is CCCCOC(=O)c1ccc(OCCCC)cc1[N+](=O)[O-]. The summed E-state index contributed by atoms with van der Waals surface area (Å²) in [5.41, 5.74) is -0.329. The zero-order valence-electron chi connectivity index (χ0n) is 12.5. The van der Waals surface area contributed by atoms with E-state index in [1.165, 1.54) is 12.1 Å². The van der Waals surface area contributed by atoms with E-state index in [0.29, 0.717) is 12.4 Å². The highest BCUT2D eigenvalue weighted by atomic mass is 16.6. The van der Waals surface area contributed by atoms with Crippen molar-refractivity contribution in [3.05, 3.63) is 33.9 Å². The Balaban J connectivity index is 2.83. The summed E-state index contributed by atoms with van der Waals surface area (Å²) >= 11 is 0. The van der Waals surface area contributed by atoms with Crippen LogP contribution in [0.5, 0.6) is 5.75 Å². The molecular weight excluding hydrogens is 274 g/mol. The number of carbonyl (C=O) groups excluding carboxylic acids is 1. The largest absolute Gasteiger partial charge is 0.493 e. The van der Waals surface area contributed by atoms with Crippen molar-refractivity contribution >= 4 is 11.7 Å². The van der Waals surface area contributed by atoms with Gasteiger partial charge in [0, 0.05) is 0 Å². The molecule has 0 N–H and O–H groups in total. The Morgan fingerprint density at radius 1 is 1.19 bits per heavy atom. The second kappa shape index (κ2) is 8.94. The Labute approximate surface area is 124 Å². The van der Waals surface area contributed by atoms with Crippen LogP contribution in [0.4, 0.5) is 5.69 Å². The molecule has 1 rings (SSSR count). The van der Waals surface area contributed by atoms with Gasteiger partial charge in [-0.3, -0.25) is 10.1 Å². The standard InChI is InChI=1S/C15H21NO5/c1-3-5-9-20-12-7-8-13(14(11-12)16(18)19)15(17)21-10-6-4-2/h7-8,11H,3-6,9-10H2,1-2H3. The van der Waals surface area contributed by atoms with Gasteiger partial charge in [-0.15, -0.1) is 0 Å². The highest BCUT2D eigenvalue weighted by molar-refractivity contribution is 5.94. The lowest BCUT2D eigenvalue weighted by atomic mass is 10.1. The molecule has 0 spiro atoms. The Bertz CT molecular complexity index is 487. The predicted octanol–water partition coefficient (Wildman–Crippen LogP) is 3.73. The average molecular weight is 295 g/mol. The van der Waals surface area contributed by atoms with Gasteiger partial charge < -0.3 is 9.47 Å². The Kier molecular flexibility index (Phi) is 7.21. The van der Waals surface area contributed by atoms with Crippen LogP contribution >= 0.6 is 0 Å². The van der Waals surface area contributed by atoms with Gasteiger partial charge in [0.15, 0.2) is 0 Å². The summed E-state index contributed by atoms with van der Waals surface area (Å²) in [6.07, 6.45) is 3.47. The second-order valence-electron chi connectivity index (χ2n) is 4.63. The van der Waals surface area contributed by atoms with Crippen molar-refractivity contribution in [1.29, 1.82) is 0 Å². The van der Waals surface area contributed by atoms with Gasteiger partial charge in [0.1, 0.15) is 11.3 Å². The monoisotopic (exact) mass is 295 g/mol. The van der Waals surface area contributed by atoms with Crippen LogP contribution in [-0.4, -0.2) is 24.1 Å². The topological polar surface area (TPSA) is 78.7 Å². The van der Waals surface area contributed by atoms with Gasteiger partial charge in [0.05, 0.1) is 24.2 Å². The summed E-state index contributed by atoms with van der Waals surface area (Å²) < 4.78 is 10.4. The van der Waals surface area contributed by atoms with E-state index in [9.17, 15) is 14.9 Å². The number of rotatable bonds is 9. The van der Waals surface area contributed by atoms with E-state index >= 15 is 0 Å². The van der Waals surface area contributed by atoms with E-state index < -0.39 is 10.9 Å². The van der Waals surface area contributed by atoms with Gasteiger partial charge in [-0.1, -0.05) is 26.7 Å². The van der Waals surface area contributed by atoms with Gasteiger partial charge in [0.2, 0.25) is 0 Å². The van der Waals surface area contributed by atoms with Gasteiger partial charge in [-0.2, -0.15) is 0 Å². The summed E-state index contributed by atoms with van der Waals surface area (Å²) in [5, 5.41) is 11.1. The van der Waals surface area contributed by atoms with Gasteiger partial charge in [0.25, 0.3) is 5.69 Å². The molecule has 1 aromatic carbocycles. The molecule has 0 radical (unpaired) electrons. The minimum Gasteiger partial charge on any atom is -0.493 e. The Morgan fingerprint density at radius 2 is 1.86 bits per heavy atom. The first-order valence-corrected chi connectivity index (χ1v) is 7.18. The average Bonchev–Trinajstić information content (AvgIpc) is 2.47. The molecule has 0 aliphatic rings. The molecule has 0 unspecified atom stereocenters. The molecule has 0 atom stereocenters. The molecule has 0 bridgehead atoms. The lowest BCUT2D eigenvalue weighted by Gasteiger charge is -2.08. The molecular formula is C15H21NO5. The van der Waals surface area contributed by atoms with Crippen molar-refractivity contribution in [3.8, 4) is 5.75 Å². The highest BCUT2D eigenvalue weighted by Gasteiger charge is 2.22. The number of ether oxygens (including phenoxy) is 2. The van der Waals surface area contributed by atoms with Crippen LogP contribution in [-0.2, 0) is 4.74 Å². The number of unbranched alkanes of at least 4 members (excludes halogenated alkanes) is 2. The van der Waals surface area contributed by atoms with Crippen molar-refractivity contribution in [2.24, 2.45) is 0 Å². The van der Waals surface area contributed by atoms with Crippen LogP contribution in [0.15, 0.2) is 18.2 Å². The van der Waals surface area contributed by atoms with Crippen LogP contribution in [0.3, 0.4) is 0 Å². The summed E-state index contributed by atoms with van der Waals surface area (Å²) in [4.78, 5) is 22.3. The zero-order valence-corrected chi connectivity index (χ0v) is 12.5. The minimum absolute atomic E-state index is 0.0426. The van der Waals surface area contributed by atoms with Gasteiger partial charge in [-0.25, -0.2) is 4.79 Å². The van der Waals surface area contributed by atoms with Crippen LogP contribution in [0, 0.1) is 10.1 Å².